The third-order valence-corrected chi connectivity index (χ3v) is 2.36. The summed E-state index contributed by atoms with van der Waals surface area (Å²) in [4.78, 5) is 0. The Kier molecular flexibility index (Phi) is 14.8. The van der Waals surface area contributed by atoms with Gasteiger partial charge in [0.1, 0.15) is 0 Å². The van der Waals surface area contributed by atoms with Crippen molar-refractivity contribution in [2.24, 2.45) is 0 Å². The molecule has 0 aromatic carbocycles. The largest absolute Gasteiger partial charge is 0.385 e. The van der Waals surface area contributed by atoms with E-state index in [9.17, 15) is 0 Å². The Morgan fingerprint density at radius 2 is 1.06 bits per heavy atom. The molecular weight excluding hydrogens is 204 g/mol. The van der Waals surface area contributed by atoms with Crippen LogP contribution in [0.5, 0.6) is 0 Å². The summed E-state index contributed by atoms with van der Waals surface area (Å²) >= 11 is 0. The summed E-state index contributed by atoms with van der Waals surface area (Å²) < 4.78 is 15.9. The van der Waals surface area contributed by atoms with Gasteiger partial charge in [0.15, 0.2) is 0 Å². The van der Waals surface area contributed by atoms with Gasteiger partial charge in [-0.05, 0) is 32.1 Å². The summed E-state index contributed by atoms with van der Waals surface area (Å²) in [6, 6.07) is 0. The van der Waals surface area contributed by atoms with Crippen molar-refractivity contribution in [2.45, 2.75) is 45.4 Å². The molecule has 0 bridgehead atoms. The molecule has 0 fully saturated rings. The predicted octanol–water partition coefficient (Wildman–Crippen LogP) is 3.03. The van der Waals surface area contributed by atoms with Crippen LogP contribution in [0.15, 0.2) is 0 Å². The Hall–Kier alpha value is -0.120. The third kappa shape index (κ3) is 13.9. The molecule has 3 heteroatoms. The number of unbranched alkanes of at least 4 members (excludes halogenated alkanes) is 3. The highest BCUT2D eigenvalue weighted by molar-refractivity contribution is 4.41. The normalized spacial score (nSPS) is 10.9. The van der Waals surface area contributed by atoms with Gasteiger partial charge in [-0.3, -0.25) is 0 Å². The van der Waals surface area contributed by atoms with Crippen LogP contribution in [-0.2, 0) is 14.2 Å². The van der Waals surface area contributed by atoms with E-state index in [1.807, 2.05) is 0 Å². The van der Waals surface area contributed by atoms with Crippen LogP contribution in [0.4, 0.5) is 0 Å². The number of ether oxygens (including phenoxy) is 3. The van der Waals surface area contributed by atoms with Crippen molar-refractivity contribution in [2.75, 3.05) is 40.1 Å². The van der Waals surface area contributed by atoms with E-state index in [4.69, 9.17) is 14.2 Å². The maximum Gasteiger partial charge on any atom is 0.0466 e. The molecule has 98 valence electrons. The minimum atomic E-state index is 0.842. The highest BCUT2D eigenvalue weighted by atomic mass is 16.5. The zero-order chi connectivity index (χ0) is 11.9. The maximum absolute atomic E-state index is 5.50. The maximum atomic E-state index is 5.50. The minimum Gasteiger partial charge on any atom is -0.385 e. The minimum absolute atomic E-state index is 0.842. The van der Waals surface area contributed by atoms with Gasteiger partial charge in [-0.25, -0.2) is 0 Å². The molecule has 0 amide bonds. The topological polar surface area (TPSA) is 27.7 Å². The van der Waals surface area contributed by atoms with Gasteiger partial charge in [0.25, 0.3) is 0 Å². The van der Waals surface area contributed by atoms with Crippen LogP contribution in [0.25, 0.3) is 0 Å². The highest BCUT2D eigenvalue weighted by Gasteiger charge is 1.92. The van der Waals surface area contributed by atoms with Crippen molar-refractivity contribution in [3.8, 4) is 0 Å². The van der Waals surface area contributed by atoms with Crippen LogP contribution in [0, 0.1) is 0 Å². The third-order valence-electron chi connectivity index (χ3n) is 2.36. The zero-order valence-electron chi connectivity index (χ0n) is 11.0. The van der Waals surface area contributed by atoms with Crippen LogP contribution in [-0.4, -0.2) is 40.1 Å². The fourth-order valence-corrected chi connectivity index (χ4v) is 1.31. The van der Waals surface area contributed by atoms with E-state index in [0.29, 0.717) is 0 Å². The zero-order valence-corrected chi connectivity index (χ0v) is 11.0. The van der Waals surface area contributed by atoms with Gasteiger partial charge in [0.2, 0.25) is 0 Å². The smallest absolute Gasteiger partial charge is 0.0466 e. The monoisotopic (exact) mass is 232 g/mol. The van der Waals surface area contributed by atoms with Gasteiger partial charge in [-0.15, -0.1) is 0 Å². The first-order chi connectivity index (χ1) is 7.91. The van der Waals surface area contributed by atoms with E-state index in [-0.39, 0.29) is 0 Å². The molecule has 16 heavy (non-hydrogen) atoms. The summed E-state index contributed by atoms with van der Waals surface area (Å²) in [5.74, 6) is 0. The van der Waals surface area contributed by atoms with Crippen LogP contribution >= 0.6 is 0 Å². The first kappa shape index (κ1) is 15.9. The second-order valence-electron chi connectivity index (χ2n) is 3.99. The first-order valence-electron chi connectivity index (χ1n) is 6.56. The molecule has 0 spiro atoms. The van der Waals surface area contributed by atoms with Gasteiger partial charge in [0.05, 0.1) is 0 Å². The molecule has 0 heterocycles. The van der Waals surface area contributed by atoms with E-state index < -0.39 is 0 Å². The molecule has 0 aromatic rings. The predicted molar refractivity (Wildman–Crippen MR) is 66.9 cm³/mol. The van der Waals surface area contributed by atoms with Crippen molar-refractivity contribution < 1.29 is 14.2 Å². The molecule has 0 aliphatic carbocycles. The van der Waals surface area contributed by atoms with E-state index in [2.05, 4.69) is 6.92 Å². The van der Waals surface area contributed by atoms with E-state index in [1.54, 1.807) is 7.11 Å². The van der Waals surface area contributed by atoms with Crippen molar-refractivity contribution in [1.82, 2.24) is 0 Å². The molecule has 0 radical (unpaired) electrons. The van der Waals surface area contributed by atoms with Gasteiger partial charge < -0.3 is 14.2 Å². The van der Waals surface area contributed by atoms with Crippen LogP contribution < -0.4 is 0 Å². The van der Waals surface area contributed by atoms with Gasteiger partial charge in [0, 0.05) is 40.1 Å². The van der Waals surface area contributed by atoms with Gasteiger partial charge in [-0.2, -0.15) is 0 Å². The second-order valence-corrected chi connectivity index (χ2v) is 3.99. The van der Waals surface area contributed by atoms with Crippen LogP contribution in [0.2, 0.25) is 0 Å². The molecule has 0 rings (SSSR count). The van der Waals surface area contributed by atoms with E-state index in [0.717, 1.165) is 58.7 Å². The van der Waals surface area contributed by atoms with E-state index in [1.165, 1.54) is 12.8 Å². The Morgan fingerprint density at radius 1 is 0.625 bits per heavy atom. The average molecular weight is 232 g/mol. The SMILES string of the molecule is CCCCOCCCCOCCCCOC. The Labute approximate surface area is 100 Å². The summed E-state index contributed by atoms with van der Waals surface area (Å²) in [5, 5.41) is 0. The Morgan fingerprint density at radius 3 is 1.50 bits per heavy atom. The quantitative estimate of drug-likeness (QED) is 0.457. The van der Waals surface area contributed by atoms with Crippen molar-refractivity contribution in [3.05, 3.63) is 0 Å². The molecule has 0 saturated heterocycles. The van der Waals surface area contributed by atoms with Crippen molar-refractivity contribution in [3.63, 3.8) is 0 Å². The molecular formula is C13H28O3. The standard InChI is InChI=1S/C13H28O3/c1-3-4-10-15-12-7-8-13-16-11-6-5-9-14-2/h3-13H2,1-2H3. The molecule has 0 aliphatic rings. The first-order valence-corrected chi connectivity index (χ1v) is 6.56. The number of rotatable bonds is 13. The summed E-state index contributed by atoms with van der Waals surface area (Å²) in [6.45, 7) is 6.54. The fourth-order valence-electron chi connectivity index (χ4n) is 1.31. The Bertz CT molecular complexity index is 104. The lowest BCUT2D eigenvalue weighted by Crippen LogP contribution is -2.01. The fraction of sp³-hybridized carbons (Fsp3) is 1.00. The highest BCUT2D eigenvalue weighted by Crippen LogP contribution is 1.96. The van der Waals surface area contributed by atoms with Gasteiger partial charge in [-0.1, -0.05) is 13.3 Å². The summed E-state index contributed by atoms with van der Waals surface area (Å²) in [5.41, 5.74) is 0. The van der Waals surface area contributed by atoms with Crippen LogP contribution in [0.1, 0.15) is 45.4 Å². The molecule has 0 unspecified atom stereocenters. The number of methoxy groups -OCH3 is 1. The summed E-state index contributed by atoms with van der Waals surface area (Å²) in [7, 11) is 1.74. The lowest BCUT2D eigenvalue weighted by atomic mass is 10.3. The summed E-state index contributed by atoms with van der Waals surface area (Å²) in [6.07, 6.45) is 6.80. The van der Waals surface area contributed by atoms with E-state index >= 15 is 0 Å². The van der Waals surface area contributed by atoms with Crippen molar-refractivity contribution >= 4 is 0 Å². The number of hydrogen-bond donors (Lipinski definition) is 0. The molecule has 0 saturated carbocycles. The Balaban J connectivity index is 2.83. The lowest BCUT2D eigenvalue weighted by molar-refractivity contribution is 0.0960. The number of hydrogen-bond acceptors (Lipinski definition) is 3. The molecule has 0 N–H and O–H groups in total. The second kappa shape index (κ2) is 14.9. The van der Waals surface area contributed by atoms with Crippen molar-refractivity contribution in [1.29, 1.82) is 0 Å². The van der Waals surface area contributed by atoms with Gasteiger partial charge >= 0.3 is 0 Å². The molecule has 0 aromatic heterocycles. The lowest BCUT2D eigenvalue weighted by Gasteiger charge is -2.05. The van der Waals surface area contributed by atoms with Crippen LogP contribution in [0.3, 0.4) is 0 Å². The molecule has 0 atom stereocenters. The average Bonchev–Trinajstić information content (AvgIpc) is 2.31. The molecule has 3 nitrogen and oxygen atoms in total. The molecule has 0 aliphatic heterocycles.